The Morgan fingerprint density at radius 1 is 1.38 bits per heavy atom. The molecule has 110 valence electrons. The molecule has 1 aromatic carbocycles. The summed E-state index contributed by atoms with van der Waals surface area (Å²) in [6.45, 7) is 0.255. The second-order valence-electron chi connectivity index (χ2n) is 4.57. The number of benzene rings is 1. The molecule has 1 aliphatic rings. The van der Waals surface area contributed by atoms with Crippen molar-refractivity contribution >= 4 is 27.7 Å². The predicted octanol–water partition coefficient (Wildman–Crippen LogP) is 2.05. The zero-order valence-electron chi connectivity index (χ0n) is 11.0. The van der Waals surface area contributed by atoms with Crippen LogP contribution in [-0.4, -0.2) is 31.5 Å². The first kappa shape index (κ1) is 15.7. The number of sulfonamides is 1. The average Bonchev–Trinajstić information content (AvgIpc) is 2.48. The highest BCUT2D eigenvalue weighted by Gasteiger charge is 2.34. The lowest BCUT2D eigenvalue weighted by Gasteiger charge is -2.31. The molecule has 0 spiro atoms. The first-order valence-electron chi connectivity index (χ1n) is 6.29. The minimum atomic E-state index is -3.92. The van der Waals surface area contributed by atoms with Crippen LogP contribution in [0.2, 0.25) is 5.02 Å². The van der Waals surface area contributed by atoms with Crippen LogP contribution in [0.3, 0.4) is 0 Å². The molecule has 0 saturated carbocycles. The number of hydrogen-bond donors (Lipinski definition) is 0. The Kier molecular flexibility index (Phi) is 4.76. The lowest BCUT2D eigenvalue weighted by atomic mass is 10.1. The highest BCUT2D eigenvalue weighted by atomic mass is 35.5. The number of piperidine rings is 1. The number of nitrogens with zero attached hydrogens (tertiary/aromatic N) is 3. The molecule has 2 rings (SSSR count). The van der Waals surface area contributed by atoms with Crippen LogP contribution in [-0.2, 0) is 14.8 Å². The van der Waals surface area contributed by atoms with Gasteiger partial charge in [0.1, 0.15) is 11.1 Å². The molecule has 0 aliphatic carbocycles. The minimum Gasteiger partial charge on any atom is -0.211 e. The molecule has 8 heteroatoms. The first-order chi connectivity index (χ1) is 10.0. The fourth-order valence-electron chi connectivity index (χ4n) is 2.25. The van der Waals surface area contributed by atoms with Gasteiger partial charge < -0.3 is 0 Å². The topological polar surface area (TPSA) is 90.6 Å². The standard InChI is InChI=1S/C13H12ClN3O3S/c14-11-5-4-10(8-15)7-12(11)21(19,20)17-6-2-1-3-13(17)16-9-18/h4-5,7,13H,1-3,6H2. The third-order valence-corrected chi connectivity index (χ3v) is 5.65. The third-order valence-electron chi connectivity index (χ3n) is 3.27. The van der Waals surface area contributed by atoms with Gasteiger partial charge >= 0.3 is 0 Å². The van der Waals surface area contributed by atoms with Crippen molar-refractivity contribution in [3.63, 3.8) is 0 Å². The summed E-state index contributed by atoms with van der Waals surface area (Å²) in [5, 5.41) is 8.93. The van der Waals surface area contributed by atoms with Gasteiger partial charge in [-0.3, -0.25) is 0 Å². The fraction of sp³-hybridized carbons (Fsp3) is 0.385. The van der Waals surface area contributed by atoms with Crippen LogP contribution in [0.15, 0.2) is 28.1 Å². The molecule has 1 atom stereocenters. The summed E-state index contributed by atoms with van der Waals surface area (Å²) < 4.78 is 26.6. The van der Waals surface area contributed by atoms with Crippen molar-refractivity contribution in [2.45, 2.75) is 30.3 Å². The van der Waals surface area contributed by atoms with Crippen molar-refractivity contribution in [2.75, 3.05) is 6.54 Å². The molecule has 0 amide bonds. The SMILES string of the molecule is N#Cc1ccc(Cl)c(S(=O)(=O)N2CCCCC2N=C=O)c1. The Balaban J connectivity index is 2.50. The molecule has 0 N–H and O–H groups in total. The molecular weight excluding hydrogens is 314 g/mol. The summed E-state index contributed by atoms with van der Waals surface area (Å²) in [4.78, 5) is 13.9. The smallest absolute Gasteiger partial charge is 0.211 e. The van der Waals surface area contributed by atoms with Crippen LogP contribution in [0.5, 0.6) is 0 Å². The number of nitriles is 1. The quantitative estimate of drug-likeness (QED) is 0.628. The van der Waals surface area contributed by atoms with Gasteiger partial charge in [-0.25, -0.2) is 13.2 Å². The maximum atomic E-state index is 12.7. The summed E-state index contributed by atoms with van der Waals surface area (Å²) in [6.07, 6.45) is 2.58. The number of rotatable bonds is 3. The Morgan fingerprint density at radius 2 is 2.14 bits per heavy atom. The van der Waals surface area contributed by atoms with E-state index in [1.54, 1.807) is 0 Å². The molecule has 1 aliphatic heterocycles. The largest absolute Gasteiger partial charge is 0.246 e. The van der Waals surface area contributed by atoms with E-state index in [0.717, 1.165) is 10.7 Å². The molecule has 1 saturated heterocycles. The number of halogens is 1. The zero-order chi connectivity index (χ0) is 15.5. The lowest BCUT2D eigenvalue weighted by Crippen LogP contribution is -2.42. The summed E-state index contributed by atoms with van der Waals surface area (Å²) in [6, 6.07) is 5.92. The molecule has 21 heavy (non-hydrogen) atoms. The fourth-order valence-corrected chi connectivity index (χ4v) is 4.35. The van der Waals surface area contributed by atoms with Gasteiger partial charge in [-0.2, -0.15) is 14.6 Å². The highest BCUT2D eigenvalue weighted by molar-refractivity contribution is 7.89. The lowest BCUT2D eigenvalue weighted by molar-refractivity contribution is 0.259. The Morgan fingerprint density at radius 3 is 2.81 bits per heavy atom. The molecular formula is C13H12ClN3O3S. The van der Waals surface area contributed by atoms with Crippen LogP contribution < -0.4 is 0 Å². The van der Waals surface area contributed by atoms with E-state index in [0.29, 0.717) is 12.8 Å². The molecule has 6 nitrogen and oxygen atoms in total. The van der Waals surface area contributed by atoms with E-state index in [1.807, 2.05) is 6.07 Å². The van der Waals surface area contributed by atoms with Crippen molar-refractivity contribution in [1.29, 1.82) is 5.26 Å². The second kappa shape index (κ2) is 6.37. The number of isocyanates is 1. The normalized spacial score (nSPS) is 19.5. The van der Waals surface area contributed by atoms with Gasteiger partial charge in [-0.15, -0.1) is 0 Å². The van der Waals surface area contributed by atoms with E-state index in [9.17, 15) is 13.2 Å². The summed E-state index contributed by atoms with van der Waals surface area (Å²) in [7, 11) is -3.92. The van der Waals surface area contributed by atoms with Crippen LogP contribution in [0.25, 0.3) is 0 Å². The Labute approximate surface area is 127 Å². The predicted molar refractivity (Wildman–Crippen MR) is 75.8 cm³/mol. The number of hydrogen-bond acceptors (Lipinski definition) is 5. The molecule has 1 fully saturated rings. The van der Waals surface area contributed by atoms with E-state index in [2.05, 4.69) is 4.99 Å². The molecule has 1 unspecified atom stereocenters. The van der Waals surface area contributed by atoms with E-state index >= 15 is 0 Å². The van der Waals surface area contributed by atoms with E-state index in [-0.39, 0.29) is 22.0 Å². The summed E-state index contributed by atoms with van der Waals surface area (Å²) in [5.74, 6) is 0. The third kappa shape index (κ3) is 3.14. The Bertz CT molecular complexity index is 736. The van der Waals surface area contributed by atoms with Crippen molar-refractivity contribution < 1.29 is 13.2 Å². The molecule has 1 aromatic rings. The van der Waals surface area contributed by atoms with Crippen molar-refractivity contribution in [2.24, 2.45) is 4.99 Å². The van der Waals surface area contributed by atoms with Crippen LogP contribution in [0.1, 0.15) is 24.8 Å². The van der Waals surface area contributed by atoms with Crippen LogP contribution in [0.4, 0.5) is 0 Å². The molecule has 0 bridgehead atoms. The monoisotopic (exact) mass is 325 g/mol. The van der Waals surface area contributed by atoms with Gasteiger partial charge in [0.05, 0.1) is 16.7 Å². The first-order valence-corrected chi connectivity index (χ1v) is 8.11. The average molecular weight is 326 g/mol. The maximum Gasteiger partial charge on any atom is 0.246 e. The van der Waals surface area contributed by atoms with Gasteiger partial charge in [0, 0.05) is 6.54 Å². The second-order valence-corrected chi connectivity index (χ2v) is 6.84. The van der Waals surface area contributed by atoms with Gasteiger partial charge in [-0.05, 0) is 37.5 Å². The highest BCUT2D eigenvalue weighted by Crippen LogP contribution is 2.30. The van der Waals surface area contributed by atoms with Crippen molar-refractivity contribution in [3.8, 4) is 6.07 Å². The number of aliphatic imine (C=N–C) groups is 1. The summed E-state index contributed by atoms with van der Waals surface area (Å²) in [5.41, 5.74) is 0.199. The summed E-state index contributed by atoms with van der Waals surface area (Å²) >= 11 is 5.96. The van der Waals surface area contributed by atoms with Gasteiger partial charge in [0.15, 0.2) is 0 Å². The van der Waals surface area contributed by atoms with Crippen LogP contribution in [0, 0.1) is 11.3 Å². The zero-order valence-corrected chi connectivity index (χ0v) is 12.6. The maximum absolute atomic E-state index is 12.7. The van der Waals surface area contributed by atoms with E-state index < -0.39 is 16.2 Å². The van der Waals surface area contributed by atoms with Gasteiger partial charge in [0.2, 0.25) is 16.1 Å². The van der Waals surface area contributed by atoms with Gasteiger partial charge in [0.25, 0.3) is 0 Å². The minimum absolute atomic E-state index is 0.0356. The Hall–Kier alpha value is -1.71. The van der Waals surface area contributed by atoms with E-state index in [1.165, 1.54) is 24.3 Å². The number of carbonyl (C=O) groups excluding carboxylic acids is 1. The van der Waals surface area contributed by atoms with Crippen molar-refractivity contribution in [1.82, 2.24) is 4.31 Å². The van der Waals surface area contributed by atoms with E-state index in [4.69, 9.17) is 16.9 Å². The molecule has 1 heterocycles. The molecule has 0 aromatic heterocycles. The van der Waals surface area contributed by atoms with Crippen LogP contribution >= 0.6 is 11.6 Å². The molecule has 0 radical (unpaired) electrons. The van der Waals surface area contributed by atoms with Gasteiger partial charge in [-0.1, -0.05) is 11.6 Å². The van der Waals surface area contributed by atoms with Crippen molar-refractivity contribution in [3.05, 3.63) is 28.8 Å².